The number of hydrogen-bond acceptors (Lipinski definition) is 6. The van der Waals surface area contributed by atoms with Crippen molar-refractivity contribution in [2.75, 3.05) is 12.9 Å². The van der Waals surface area contributed by atoms with E-state index >= 15 is 0 Å². The van der Waals surface area contributed by atoms with Gasteiger partial charge in [-0.05, 0) is 6.07 Å². The van der Waals surface area contributed by atoms with Gasteiger partial charge in [-0.1, -0.05) is 6.92 Å². The summed E-state index contributed by atoms with van der Waals surface area (Å²) in [4.78, 5) is 7.89. The molecule has 106 valence electrons. The summed E-state index contributed by atoms with van der Waals surface area (Å²) >= 11 is 0. The van der Waals surface area contributed by atoms with Gasteiger partial charge in [0.25, 0.3) is 5.69 Å². The first kappa shape index (κ1) is 14.2. The van der Waals surface area contributed by atoms with Crippen LogP contribution in [0.5, 0.6) is 5.88 Å². The van der Waals surface area contributed by atoms with Gasteiger partial charge in [0.05, 0.1) is 25.3 Å². The van der Waals surface area contributed by atoms with E-state index in [1.165, 1.54) is 44.8 Å². The summed E-state index contributed by atoms with van der Waals surface area (Å²) in [6, 6.07) is 2.77. The molecule has 0 aliphatic heterocycles. The molecule has 0 aromatic carbocycles. The van der Waals surface area contributed by atoms with Gasteiger partial charge in [0.15, 0.2) is 21.7 Å². The van der Waals surface area contributed by atoms with Gasteiger partial charge < -0.3 is 9.94 Å². The van der Waals surface area contributed by atoms with Gasteiger partial charge in [-0.2, -0.15) is 4.73 Å². The van der Waals surface area contributed by atoms with E-state index in [2.05, 4.69) is 9.97 Å². The fraction of sp³-hybridized carbons (Fsp3) is 0.250. The summed E-state index contributed by atoms with van der Waals surface area (Å²) in [5.41, 5.74) is 0.137. The predicted molar refractivity (Wildman–Crippen MR) is 70.7 cm³/mol. The summed E-state index contributed by atoms with van der Waals surface area (Å²) in [5, 5.41) is 11.9. The molecule has 0 bridgehead atoms. The first-order chi connectivity index (χ1) is 9.49. The Morgan fingerprint density at radius 2 is 2.10 bits per heavy atom. The van der Waals surface area contributed by atoms with Crippen LogP contribution in [0.3, 0.4) is 0 Å². The molecule has 2 aromatic heterocycles. The number of methoxy groups -OCH3 is 1. The van der Waals surface area contributed by atoms with Crippen LogP contribution in [0.15, 0.2) is 35.6 Å². The van der Waals surface area contributed by atoms with Crippen molar-refractivity contribution < 1.29 is 17.9 Å². The fourth-order valence-electron chi connectivity index (χ4n) is 1.66. The maximum Gasteiger partial charge on any atom is 0.262 e. The average Bonchev–Trinajstić information content (AvgIpc) is 2.47. The molecule has 0 spiro atoms. The van der Waals surface area contributed by atoms with Crippen LogP contribution in [0.2, 0.25) is 0 Å². The van der Waals surface area contributed by atoms with Gasteiger partial charge in [-0.25, -0.2) is 18.4 Å². The van der Waals surface area contributed by atoms with Gasteiger partial charge in [0.1, 0.15) is 4.90 Å². The normalized spacial score (nSPS) is 11.3. The van der Waals surface area contributed by atoms with Gasteiger partial charge >= 0.3 is 0 Å². The molecule has 0 fully saturated rings. The van der Waals surface area contributed by atoms with Crippen LogP contribution in [0.4, 0.5) is 0 Å². The lowest BCUT2D eigenvalue weighted by atomic mass is 10.3. The molecular weight excluding hydrogens is 282 g/mol. The van der Waals surface area contributed by atoms with Gasteiger partial charge in [-0.3, -0.25) is 0 Å². The Morgan fingerprint density at radius 1 is 1.35 bits per heavy atom. The lowest BCUT2D eigenvalue weighted by molar-refractivity contribution is -0.595. The number of pyridine rings is 1. The highest BCUT2D eigenvalue weighted by Gasteiger charge is 2.25. The second kappa shape index (κ2) is 5.41. The lowest BCUT2D eigenvalue weighted by Crippen LogP contribution is -2.31. The quantitative estimate of drug-likeness (QED) is 0.604. The number of rotatable bonds is 4. The molecule has 0 atom stereocenters. The highest BCUT2D eigenvalue weighted by Crippen LogP contribution is 2.23. The molecule has 2 rings (SSSR count). The molecule has 0 saturated heterocycles. The Morgan fingerprint density at radius 3 is 2.65 bits per heavy atom. The molecule has 0 saturated carbocycles. The molecule has 8 heteroatoms. The maximum atomic E-state index is 12.0. The molecule has 20 heavy (non-hydrogen) atoms. The number of nitrogens with zero attached hydrogens (tertiary/aromatic N) is 3. The van der Waals surface area contributed by atoms with E-state index in [4.69, 9.17) is 4.74 Å². The first-order valence-corrected chi connectivity index (χ1v) is 7.46. The van der Waals surface area contributed by atoms with Crippen molar-refractivity contribution >= 4 is 9.84 Å². The third-order valence-electron chi connectivity index (χ3n) is 2.72. The number of sulfone groups is 1. The Labute approximate surface area is 116 Å². The zero-order valence-electron chi connectivity index (χ0n) is 11.0. The summed E-state index contributed by atoms with van der Waals surface area (Å²) < 4.78 is 29.4. The molecule has 0 radical (unpaired) electrons. The van der Waals surface area contributed by atoms with E-state index in [1.807, 2.05) is 0 Å². The molecule has 0 aliphatic carbocycles. The minimum atomic E-state index is -3.54. The van der Waals surface area contributed by atoms with E-state index in [0.717, 1.165) is 0 Å². The van der Waals surface area contributed by atoms with Crippen molar-refractivity contribution in [3.63, 3.8) is 0 Å². The highest BCUT2D eigenvalue weighted by atomic mass is 32.2. The molecule has 0 amide bonds. The van der Waals surface area contributed by atoms with Crippen molar-refractivity contribution in [1.29, 1.82) is 0 Å². The van der Waals surface area contributed by atoms with E-state index in [1.54, 1.807) is 0 Å². The Bertz CT molecular complexity index is 714. The van der Waals surface area contributed by atoms with Crippen molar-refractivity contribution in [2.24, 2.45) is 0 Å². The van der Waals surface area contributed by atoms with Crippen LogP contribution in [-0.4, -0.2) is 31.2 Å². The SMILES string of the molecule is CCS(=O)(=O)c1ccc[n+]([O-])c1-c1cnc(OC)cn1. The molecule has 7 nitrogen and oxygen atoms in total. The Hall–Kier alpha value is -2.22. The third kappa shape index (κ3) is 2.55. The number of ether oxygens (including phenoxy) is 1. The van der Waals surface area contributed by atoms with E-state index < -0.39 is 9.84 Å². The predicted octanol–water partition coefficient (Wildman–Crippen LogP) is 0.579. The standard InChI is InChI=1S/C12H13N3O4S/c1-3-20(17,18)10-5-4-6-15(16)12(10)9-7-14-11(19-2)8-13-9/h4-8H,3H2,1-2H3. The second-order valence-corrected chi connectivity index (χ2v) is 6.14. The zero-order chi connectivity index (χ0) is 14.8. The van der Waals surface area contributed by atoms with E-state index in [0.29, 0.717) is 4.73 Å². The summed E-state index contributed by atoms with van der Waals surface area (Å²) in [6.07, 6.45) is 3.85. The van der Waals surface area contributed by atoms with Crippen molar-refractivity contribution in [3.8, 4) is 17.3 Å². The summed E-state index contributed by atoms with van der Waals surface area (Å²) in [6.45, 7) is 1.51. The minimum absolute atomic E-state index is 0.0375. The van der Waals surface area contributed by atoms with E-state index in [-0.39, 0.29) is 27.9 Å². The van der Waals surface area contributed by atoms with Gasteiger partial charge in [0, 0.05) is 6.07 Å². The smallest absolute Gasteiger partial charge is 0.262 e. The molecular formula is C12H13N3O4S. The Kier molecular flexibility index (Phi) is 3.84. The zero-order valence-corrected chi connectivity index (χ0v) is 11.8. The van der Waals surface area contributed by atoms with Crippen molar-refractivity contribution in [1.82, 2.24) is 9.97 Å². The van der Waals surface area contributed by atoms with Crippen LogP contribution < -0.4 is 9.47 Å². The molecule has 2 aromatic rings. The van der Waals surface area contributed by atoms with Crippen LogP contribution in [0.25, 0.3) is 11.4 Å². The minimum Gasteiger partial charge on any atom is -0.618 e. The van der Waals surface area contributed by atoms with Gasteiger partial charge in [-0.15, -0.1) is 0 Å². The second-order valence-electron chi connectivity index (χ2n) is 3.89. The topological polar surface area (TPSA) is 96.1 Å². The Balaban J connectivity index is 2.66. The first-order valence-electron chi connectivity index (χ1n) is 5.81. The molecule has 0 unspecified atom stereocenters. The van der Waals surface area contributed by atoms with Gasteiger partial charge in [0.2, 0.25) is 5.88 Å². The average molecular weight is 295 g/mol. The summed E-state index contributed by atoms with van der Waals surface area (Å²) in [5.74, 6) is 0.176. The van der Waals surface area contributed by atoms with E-state index in [9.17, 15) is 13.6 Å². The number of hydrogen-bond donors (Lipinski definition) is 0. The third-order valence-corrected chi connectivity index (χ3v) is 4.48. The van der Waals surface area contributed by atoms with Crippen molar-refractivity contribution in [2.45, 2.75) is 11.8 Å². The van der Waals surface area contributed by atoms with Crippen LogP contribution >= 0.6 is 0 Å². The number of aromatic nitrogens is 3. The molecule has 0 N–H and O–H groups in total. The van der Waals surface area contributed by atoms with Crippen LogP contribution in [0.1, 0.15) is 6.92 Å². The summed E-state index contributed by atoms with van der Waals surface area (Å²) in [7, 11) is -2.10. The van der Waals surface area contributed by atoms with Crippen molar-refractivity contribution in [3.05, 3.63) is 35.9 Å². The fourth-order valence-corrected chi connectivity index (χ4v) is 2.75. The van der Waals surface area contributed by atoms with Crippen LogP contribution in [0, 0.1) is 5.21 Å². The monoisotopic (exact) mass is 295 g/mol. The highest BCUT2D eigenvalue weighted by molar-refractivity contribution is 7.91. The molecule has 2 heterocycles. The maximum absolute atomic E-state index is 12.0. The lowest BCUT2D eigenvalue weighted by Gasteiger charge is -2.09. The van der Waals surface area contributed by atoms with Crippen LogP contribution in [-0.2, 0) is 9.84 Å². The largest absolute Gasteiger partial charge is 0.618 e. The molecule has 0 aliphatic rings.